The SMILES string of the molecule is Bc1ccccc1-c1cc(C)cc(S(CC)(CC)CC)c1OC1CCCCO1. The van der Waals surface area contributed by atoms with Crippen molar-refractivity contribution in [2.75, 3.05) is 23.9 Å². The molecule has 1 saturated heterocycles. The maximum absolute atomic E-state index is 6.69. The van der Waals surface area contributed by atoms with Gasteiger partial charge in [0, 0.05) is 16.9 Å². The lowest BCUT2D eigenvalue weighted by atomic mass is 9.86. The van der Waals surface area contributed by atoms with Gasteiger partial charge < -0.3 is 9.47 Å². The Hall–Kier alpha value is -1.39. The van der Waals surface area contributed by atoms with Crippen molar-refractivity contribution in [3.63, 3.8) is 0 Å². The van der Waals surface area contributed by atoms with E-state index >= 15 is 0 Å². The van der Waals surface area contributed by atoms with Crippen LogP contribution < -0.4 is 10.2 Å². The van der Waals surface area contributed by atoms with Gasteiger partial charge in [-0.2, -0.15) is 0 Å². The molecule has 0 spiro atoms. The van der Waals surface area contributed by atoms with E-state index in [4.69, 9.17) is 9.47 Å². The van der Waals surface area contributed by atoms with E-state index in [1.54, 1.807) is 0 Å². The Morgan fingerprint density at radius 1 is 1.04 bits per heavy atom. The van der Waals surface area contributed by atoms with Crippen LogP contribution >= 0.6 is 10.0 Å². The third-order valence-electron chi connectivity index (χ3n) is 6.15. The highest BCUT2D eigenvalue weighted by atomic mass is 32.3. The largest absolute Gasteiger partial charge is 0.463 e. The number of ether oxygens (including phenoxy) is 2. The van der Waals surface area contributed by atoms with Gasteiger partial charge in [0.05, 0.1) is 6.61 Å². The van der Waals surface area contributed by atoms with Gasteiger partial charge in [-0.05, 0) is 60.3 Å². The molecule has 4 heteroatoms. The van der Waals surface area contributed by atoms with Crippen molar-refractivity contribution >= 4 is 23.3 Å². The smallest absolute Gasteiger partial charge is 0.199 e. The second-order valence-corrected chi connectivity index (χ2v) is 12.0. The molecule has 2 nitrogen and oxygen atoms in total. The average Bonchev–Trinajstić information content (AvgIpc) is 2.72. The minimum Gasteiger partial charge on any atom is -0.463 e. The monoisotopic (exact) mass is 398 g/mol. The molecule has 1 heterocycles. The standard InChI is InChI=1S/C24H35BO2S/c1-5-28(6-2,7-3)22-17-18(4)16-20(19-12-8-9-13-21(19)25)24(22)27-23-14-10-11-15-26-23/h8-9,12-13,16-17,23H,5-7,10-11,14-15,25H2,1-4H3. The van der Waals surface area contributed by atoms with Crippen molar-refractivity contribution in [2.24, 2.45) is 0 Å². The molecule has 3 rings (SSSR count). The Balaban J connectivity index is 2.21. The van der Waals surface area contributed by atoms with Crippen LogP contribution in [0, 0.1) is 6.92 Å². The zero-order chi connectivity index (χ0) is 20.1. The number of benzene rings is 2. The van der Waals surface area contributed by atoms with Gasteiger partial charge >= 0.3 is 0 Å². The Morgan fingerprint density at radius 3 is 2.36 bits per heavy atom. The first-order chi connectivity index (χ1) is 13.5. The molecule has 0 radical (unpaired) electrons. The molecule has 0 aliphatic carbocycles. The zero-order valence-corrected chi connectivity index (χ0v) is 19.0. The zero-order valence-electron chi connectivity index (χ0n) is 18.2. The molecular formula is C24H35BO2S. The van der Waals surface area contributed by atoms with Crippen molar-refractivity contribution < 1.29 is 9.47 Å². The lowest BCUT2D eigenvalue weighted by Gasteiger charge is -2.40. The highest BCUT2D eigenvalue weighted by Crippen LogP contribution is 2.60. The maximum atomic E-state index is 6.69. The van der Waals surface area contributed by atoms with Gasteiger partial charge in [-0.3, -0.25) is 0 Å². The molecule has 0 saturated carbocycles. The third-order valence-corrected chi connectivity index (χ3v) is 10.7. The first-order valence-corrected chi connectivity index (χ1v) is 12.9. The van der Waals surface area contributed by atoms with Crippen LogP contribution in [0.15, 0.2) is 41.3 Å². The Labute approximate surface area is 173 Å². The summed E-state index contributed by atoms with van der Waals surface area (Å²) in [5.74, 6) is 4.66. The van der Waals surface area contributed by atoms with E-state index in [0.717, 1.165) is 25.2 Å². The highest BCUT2D eigenvalue weighted by Gasteiger charge is 2.29. The topological polar surface area (TPSA) is 18.5 Å². The molecule has 1 aliphatic heterocycles. The van der Waals surface area contributed by atoms with Crippen molar-refractivity contribution in [1.29, 1.82) is 0 Å². The quantitative estimate of drug-likeness (QED) is 0.608. The predicted octanol–water partition coefficient (Wildman–Crippen LogP) is 5.05. The highest BCUT2D eigenvalue weighted by molar-refractivity contribution is 8.33. The van der Waals surface area contributed by atoms with Crippen molar-refractivity contribution in [3.8, 4) is 16.9 Å². The maximum Gasteiger partial charge on any atom is 0.199 e. The van der Waals surface area contributed by atoms with E-state index < -0.39 is 10.0 Å². The second kappa shape index (κ2) is 9.41. The summed E-state index contributed by atoms with van der Waals surface area (Å²) >= 11 is 0. The molecule has 28 heavy (non-hydrogen) atoms. The van der Waals surface area contributed by atoms with Gasteiger partial charge in [0.15, 0.2) is 6.29 Å². The van der Waals surface area contributed by atoms with Gasteiger partial charge in [0.2, 0.25) is 0 Å². The molecule has 2 aromatic rings. The number of hydrogen-bond acceptors (Lipinski definition) is 2. The summed E-state index contributed by atoms with van der Waals surface area (Å²) in [5, 5.41) is 0. The Kier molecular flexibility index (Phi) is 7.17. The van der Waals surface area contributed by atoms with Crippen LogP contribution in [-0.2, 0) is 4.74 Å². The third kappa shape index (κ3) is 4.28. The van der Waals surface area contributed by atoms with E-state index in [1.807, 2.05) is 0 Å². The summed E-state index contributed by atoms with van der Waals surface area (Å²) in [7, 11) is 1.28. The molecule has 1 unspecified atom stereocenters. The summed E-state index contributed by atoms with van der Waals surface area (Å²) in [5.41, 5.74) is 5.11. The summed E-state index contributed by atoms with van der Waals surface area (Å²) < 4.78 is 12.7. The second-order valence-electron chi connectivity index (χ2n) is 7.78. The van der Waals surface area contributed by atoms with Crippen LogP contribution in [0.3, 0.4) is 0 Å². The summed E-state index contributed by atoms with van der Waals surface area (Å²) in [6.45, 7) is 10.1. The minimum absolute atomic E-state index is 0.124. The van der Waals surface area contributed by atoms with Crippen molar-refractivity contribution in [3.05, 3.63) is 42.0 Å². The van der Waals surface area contributed by atoms with Crippen LogP contribution in [-0.4, -0.2) is 38.0 Å². The molecule has 0 aromatic heterocycles. The van der Waals surface area contributed by atoms with Gasteiger partial charge in [-0.25, -0.2) is 10.0 Å². The molecular weight excluding hydrogens is 363 g/mol. The van der Waals surface area contributed by atoms with Crippen LogP contribution in [0.25, 0.3) is 11.1 Å². The first kappa shape index (κ1) is 21.3. The van der Waals surface area contributed by atoms with E-state index in [2.05, 4.69) is 71.9 Å². The molecule has 0 N–H and O–H groups in total. The first-order valence-electron chi connectivity index (χ1n) is 10.8. The molecule has 152 valence electrons. The molecule has 1 atom stereocenters. The van der Waals surface area contributed by atoms with Gasteiger partial charge in [0.1, 0.15) is 13.6 Å². The lowest BCUT2D eigenvalue weighted by molar-refractivity contribution is -0.106. The summed E-state index contributed by atoms with van der Waals surface area (Å²) in [6.07, 6.45) is 3.17. The Bertz CT molecular complexity index is 787. The fourth-order valence-electron chi connectivity index (χ4n) is 4.27. The number of hydrogen-bond donors (Lipinski definition) is 0. The van der Waals surface area contributed by atoms with Crippen molar-refractivity contribution in [2.45, 2.75) is 58.1 Å². The molecule has 1 aliphatic rings. The van der Waals surface area contributed by atoms with E-state index in [-0.39, 0.29) is 6.29 Å². The van der Waals surface area contributed by atoms with Gasteiger partial charge in [0.25, 0.3) is 0 Å². The summed E-state index contributed by atoms with van der Waals surface area (Å²) in [6, 6.07) is 13.4. The van der Waals surface area contributed by atoms with Crippen molar-refractivity contribution in [1.82, 2.24) is 0 Å². The number of rotatable bonds is 7. The van der Waals surface area contributed by atoms with Crippen LogP contribution in [0.1, 0.15) is 45.6 Å². The summed E-state index contributed by atoms with van der Waals surface area (Å²) in [4.78, 5) is 1.44. The Morgan fingerprint density at radius 2 is 1.75 bits per heavy atom. The van der Waals surface area contributed by atoms with E-state index in [0.29, 0.717) is 0 Å². The fourth-order valence-corrected chi connectivity index (χ4v) is 7.42. The lowest BCUT2D eigenvalue weighted by Crippen LogP contribution is -2.26. The average molecular weight is 398 g/mol. The van der Waals surface area contributed by atoms with Crippen LogP contribution in [0.5, 0.6) is 5.75 Å². The van der Waals surface area contributed by atoms with Crippen LogP contribution in [0.2, 0.25) is 0 Å². The molecule has 2 aromatic carbocycles. The van der Waals surface area contributed by atoms with Gasteiger partial charge in [-0.15, -0.1) is 0 Å². The number of aryl methyl sites for hydroxylation is 1. The fraction of sp³-hybridized carbons (Fsp3) is 0.500. The molecule has 0 bridgehead atoms. The van der Waals surface area contributed by atoms with Gasteiger partial charge in [-0.1, -0.05) is 50.5 Å². The van der Waals surface area contributed by atoms with E-state index in [9.17, 15) is 0 Å². The predicted molar refractivity (Wildman–Crippen MR) is 126 cm³/mol. The molecule has 0 amide bonds. The molecule has 1 fully saturated rings. The normalized spacial score (nSPS) is 18.1. The minimum atomic E-state index is -0.917. The van der Waals surface area contributed by atoms with Crippen LogP contribution in [0.4, 0.5) is 0 Å². The van der Waals surface area contributed by atoms with E-state index in [1.165, 1.54) is 50.7 Å².